The molecule has 26 heavy (non-hydrogen) atoms. The average Bonchev–Trinajstić information content (AvgIpc) is 3.06. The largest absolute Gasteiger partial charge is 0.448 e. The Bertz CT molecular complexity index is 892. The number of nitrogens with zero attached hydrogens (tertiary/aromatic N) is 2. The molecular formula is C17H18F2N4O3. The van der Waals surface area contributed by atoms with Crippen molar-refractivity contribution in [2.75, 3.05) is 11.9 Å². The summed E-state index contributed by atoms with van der Waals surface area (Å²) < 4.78 is 32.9. The van der Waals surface area contributed by atoms with E-state index in [0.29, 0.717) is 23.9 Å². The number of anilines is 1. The number of halogens is 2. The molecular weight excluding hydrogens is 346 g/mol. The molecule has 1 amide bonds. The molecule has 0 radical (unpaired) electrons. The zero-order valence-corrected chi connectivity index (χ0v) is 14.5. The van der Waals surface area contributed by atoms with E-state index in [2.05, 4.69) is 15.7 Å². The van der Waals surface area contributed by atoms with Gasteiger partial charge in [-0.3, -0.25) is 4.79 Å². The van der Waals surface area contributed by atoms with Crippen LogP contribution in [0.5, 0.6) is 0 Å². The summed E-state index contributed by atoms with van der Waals surface area (Å²) in [6.07, 6.45) is -0.757. The minimum Gasteiger partial charge on any atom is -0.448 e. The first-order valence-corrected chi connectivity index (χ1v) is 8.05. The lowest BCUT2D eigenvalue weighted by molar-refractivity contribution is 0.102. The summed E-state index contributed by atoms with van der Waals surface area (Å²) >= 11 is 0. The number of benzene rings is 1. The Balaban J connectivity index is 2.01. The maximum absolute atomic E-state index is 13.9. The highest BCUT2D eigenvalue weighted by atomic mass is 19.1. The van der Waals surface area contributed by atoms with Crippen molar-refractivity contribution in [2.24, 2.45) is 0 Å². The zero-order valence-electron chi connectivity index (χ0n) is 14.5. The zero-order chi connectivity index (χ0) is 19.1. The van der Waals surface area contributed by atoms with Crippen molar-refractivity contribution in [1.82, 2.24) is 15.1 Å². The first-order chi connectivity index (χ1) is 12.2. The number of ether oxygens (including phenoxy) is 1. The molecule has 1 aromatic carbocycles. The Labute approximate surface area is 148 Å². The molecule has 138 valence electrons. The number of hydrogen-bond donors (Lipinski definition) is 2. The van der Waals surface area contributed by atoms with Gasteiger partial charge in [-0.25, -0.2) is 13.6 Å². The fourth-order valence-corrected chi connectivity index (χ4v) is 2.81. The maximum Gasteiger partial charge on any atom is 0.436 e. The minimum absolute atomic E-state index is 0.102. The normalized spacial score (nSPS) is 14.8. The molecule has 1 aliphatic heterocycles. The van der Waals surface area contributed by atoms with Gasteiger partial charge in [-0.15, -0.1) is 4.68 Å². The molecule has 0 aliphatic carbocycles. The molecule has 1 aromatic heterocycles. The lowest BCUT2D eigenvalue weighted by Crippen LogP contribution is -2.31. The monoisotopic (exact) mass is 364 g/mol. The van der Waals surface area contributed by atoms with Crippen LogP contribution in [-0.2, 0) is 16.8 Å². The Morgan fingerprint density at radius 1 is 1.38 bits per heavy atom. The van der Waals surface area contributed by atoms with Gasteiger partial charge in [0, 0.05) is 18.2 Å². The van der Waals surface area contributed by atoms with Crippen LogP contribution in [0, 0.1) is 11.6 Å². The summed E-state index contributed by atoms with van der Waals surface area (Å²) in [5.74, 6) is -2.51. The third-order valence-electron chi connectivity index (χ3n) is 4.13. The predicted octanol–water partition coefficient (Wildman–Crippen LogP) is 2.76. The summed E-state index contributed by atoms with van der Waals surface area (Å²) in [5.41, 5.74) is 0.342. The first kappa shape index (κ1) is 18.0. The van der Waals surface area contributed by atoms with E-state index in [1.165, 1.54) is 0 Å². The van der Waals surface area contributed by atoms with E-state index in [1.54, 1.807) is 6.92 Å². The van der Waals surface area contributed by atoms with Gasteiger partial charge < -0.3 is 15.4 Å². The highest BCUT2D eigenvalue weighted by Gasteiger charge is 2.38. The van der Waals surface area contributed by atoms with Crippen LogP contribution in [0.4, 0.5) is 19.4 Å². The van der Waals surface area contributed by atoms with Gasteiger partial charge >= 0.3 is 6.09 Å². The summed E-state index contributed by atoms with van der Waals surface area (Å²) in [7, 11) is 0. The molecule has 7 nitrogen and oxygen atoms in total. The molecule has 2 heterocycles. The van der Waals surface area contributed by atoms with Crippen LogP contribution in [-0.4, -0.2) is 28.4 Å². The van der Waals surface area contributed by atoms with Gasteiger partial charge in [0.25, 0.3) is 5.91 Å². The minimum atomic E-state index is -1.00. The number of rotatable bonds is 3. The Kier molecular flexibility index (Phi) is 4.49. The summed E-state index contributed by atoms with van der Waals surface area (Å²) in [5, 5.41) is 9.97. The lowest BCUT2D eigenvalue weighted by Gasteiger charge is -2.17. The number of hydrogen-bond acceptors (Lipinski definition) is 5. The third kappa shape index (κ3) is 3.05. The van der Waals surface area contributed by atoms with Crippen LogP contribution in [0.1, 0.15) is 42.4 Å². The van der Waals surface area contributed by atoms with E-state index in [1.807, 2.05) is 13.8 Å². The molecule has 2 N–H and O–H groups in total. The van der Waals surface area contributed by atoms with Crippen molar-refractivity contribution in [1.29, 1.82) is 0 Å². The molecule has 0 atom stereocenters. The summed E-state index contributed by atoms with van der Waals surface area (Å²) in [6.45, 7) is 5.90. The van der Waals surface area contributed by atoms with E-state index in [4.69, 9.17) is 4.74 Å². The van der Waals surface area contributed by atoms with Gasteiger partial charge in [0.15, 0.2) is 0 Å². The maximum atomic E-state index is 13.9. The Morgan fingerprint density at radius 3 is 2.77 bits per heavy atom. The van der Waals surface area contributed by atoms with Crippen LogP contribution in [0.3, 0.4) is 0 Å². The molecule has 9 heteroatoms. The van der Waals surface area contributed by atoms with Gasteiger partial charge in [-0.1, -0.05) is 0 Å². The number of amides is 1. The van der Waals surface area contributed by atoms with Gasteiger partial charge in [0.1, 0.15) is 17.5 Å². The van der Waals surface area contributed by atoms with E-state index >= 15 is 0 Å². The third-order valence-corrected chi connectivity index (χ3v) is 4.13. The van der Waals surface area contributed by atoms with Crippen LogP contribution >= 0.6 is 0 Å². The van der Waals surface area contributed by atoms with Crippen LogP contribution in [0.15, 0.2) is 18.2 Å². The number of nitrogens with one attached hydrogen (secondary N) is 2. The fourth-order valence-electron chi connectivity index (χ4n) is 2.81. The number of carbonyl (C=O) groups excluding carboxylic acids is 2. The molecule has 0 spiro atoms. The van der Waals surface area contributed by atoms with Crippen molar-refractivity contribution < 1.29 is 23.1 Å². The van der Waals surface area contributed by atoms with E-state index in [9.17, 15) is 18.4 Å². The van der Waals surface area contributed by atoms with Crippen molar-refractivity contribution >= 4 is 17.8 Å². The molecule has 0 fully saturated rings. The lowest BCUT2D eigenvalue weighted by atomic mass is 10.0. The first-order valence-electron chi connectivity index (χ1n) is 8.05. The van der Waals surface area contributed by atoms with Crippen molar-refractivity contribution in [3.63, 3.8) is 0 Å². The Morgan fingerprint density at radius 2 is 2.12 bits per heavy atom. The highest BCUT2D eigenvalue weighted by Crippen LogP contribution is 2.34. The summed E-state index contributed by atoms with van der Waals surface area (Å²) in [6, 6.07) is 2.63. The second-order valence-corrected chi connectivity index (χ2v) is 6.34. The van der Waals surface area contributed by atoms with E-state index in [0.717, 1.165) is 16.8 Å². The number of carbonyl (C=O) groups is 2. The van der Waals surface area contributed by atoms with Crippen molar-refractivity contribution in [3.8, 4) is 0 Å². The molecule has 0 saturated heterocycles. The Hall–Kier alpha value is -2.81. The topological polar surface area (TPSA) is 85.2 Å². The van der Waals surface area contributed by atoms with Gasteiger partial charge in [-0.05, 0) is 32.9 Å². The molecule has 0 bridgehead atoms. The van der Waals surface area contributed by atoms with Crippen LogP contribution in [0.25, 0.3) is 0 Å². The van der Waals surface area contributed by atoms with Crippen molar-refractivity contribution in [3.05, 3.63) is 46.7 Å². The predicted molar refractivity (Wildman–Crippen MR) is 88.8 cm³/mol. The van der Waals surface area contributed by atoms with Gasteiger partial charge in [0.2, 0.25) is 0 Å². The molecule has 1 aliphatic rings. The quantitative estimate of drug-likeness (QED) is 0.875. The number of fused-ring (bicyclic) bond motifs is 1. The fraction of sp³-hybridized carbons (Fsp3) is 0.353. The van der Waals surface area contributed by atoms with Gasteiger partial charge in [-0.2, -0.15) is 5.10 Å². The standard InChI is InChI=1S/C17H18F2N4O3/c1-4-26-16(25)23-14(11-8-20-17(2,3)13(11)22-23)21-15(24)10-6-5-9(18)7-12(10)19/h5-7,20H,4,8H2,1-3H3,(H,21,24). The average molecular weight is 364 g/mol. The highest BCUT2D eigenvalue weighted by molar-refractivity contribution is 6.05. The molecule has 3 rings (SSSR count). The van der Waals surface area contributed by atoms with Gasteiger partial charge in [0.05, 0.1) is 23.4 Å². The van der Waals surface area contributed by atoms with Crippen LogP contribution < -0.4 is 10.6 Å². The van der Waals surface area contributed by atoms with E-state index in [-0.39, 0.29) is 18.0 Å². The molecule has 2 aromatic rings. The SMILES string of the molecule is CCOC(=O)n1nc2c(c1NC(=O)c1ccc(F)cc1F)CNC2(C)C. The second kappa shape index (κ2) is 6.49. The molecule has 0 saturated carbocycles. The summed E-state index contributed by atoms with van der Waals surface area (Å²) in [4.78, 5) is 24.6. The molecule has 0 unspecified atom stereocenters. The van der Waals surface area contributed by atoms with Crippen LogP contribution in [0.2, 0.25) is 0 Å². The van der Waals surface area contributed by atoms with E-state index < -0.39 is 29.2 Å². The second-order valence-electron chi connectivity index (χ2n) is 6.34. The number of aromatic nitrogens is 2. The van der Waals surface area contributed by atoms with Crippen molar-refractivity contribution in [2.45, 2.75) is 32.9 Å². The smallest absolute Gasteiger partial charge is 0.436 e.